The Bertz CT molecular complexity index is 1660. The number of hydrogen-bond donors (Lipinski definition) is 1. The maximum absolute atomic E-state index is 13.6. The van der Waals surface area contributed by atoms with Crippen LogP contribution >= 0.6 is 11.3 Å². The van der Waals surface area contributed by atoms with E-state index in [2.05, 4.69) is 6.92 Å². The van der Waals surface area contributed by atoms with Crippen molar-refractivity contribution in [2.75, 3.05) is 11.5 Å². The first-order valence-corrected chi connectivity index (χ1v) is 14.4. The predicted octanol–water partition coefficient (Wildman–Crippen LogP) is 6.73. The molecule has 0 bridgehead atoms. The number of anilines is 1. The lowest BCUT2D eigenvalue weighted by molar-refractivity contribution is -0.132. The molecule has 40 heavy (non-hydrogen) atoms. The van der Waals surface area contributed by atoms with Gasteiger partial charge in [-0.3, -0.25) is 14.5 Å². The van der Waals surface area contributed by atoms with Gasteiger partial charge in [0, 0.05) is 12.0 Å². The number of thiazole rings is 1. The van der Waals surface area contributed by atoms with E-state index in [1.807, 2.05) is 62.4 Å². The second-order valence-corrected chi connectivity index (χ2v) is 11.4. The third kappa shape index (κ3) is 4.62. The van der Waals surface area contributed by atoms with E-state index in [1.165, 1.54) is 16.2 Å². The number of Topliss-reactive ketones (excluding diaryl/α,β-unsaturated/α-hetero) is 1. The zero-order valence-corrected chi connectivity index (χ0v) is 23.5. The van der Waals surface area contributed by atoms with Crippen LogP contribution in [-0.2, 0) is 16.0 Å². The molecule has 1 N–H and O–H groups in total. The summed E-state index contributed by atoms with van der Waals surface area (Å²) >= 11 is 1.35. The van der Waals surface area contributed by atoms with Gasteiger partial charge < -0.3 is 14.6 Å². The molecule has 1 saturated heterocycles. The van der Waals surface area contributed by atoms with Crippen LogP contribution in [-0.4, -0.2) is 34.5 Å². The second-order valence-electron chi connectivity index (χ2n) is 10.4. The molecule has 2 aliphatic rings. The van der Waals surface area contributed by atoms with Crippen LogP contribution in [0.2, 0.25) is 0 Å². The number of hydrogen-bond acceptors (Lipinski definition) is 7. The van der Waals surface area contributed by atoms with E-state index in [0.717, 1.165) is 39.9 Å². The van der Waals surface area contributed by atoms with Gasteiger partial charge in [-0.05, 0) is 79.4 Å². The number of rotatable bonds is 7. The number of aliphatic hydroxyl groups excluding tert-OH is 1. The number of fused-ring (bicyclic) bond motifs is 2. The van der Waals surface area contributed by atoms with Crippen LogP contribution < -0.4 is 14.4 Å². The van der Waals surface area contributed by atoms with Crippen molar-refractivity contribution in [3.63, 3.8) is 0 Å². The lowest BCUT2D eigenvalue weighted by atomic mass is 9.94. The Labute approximate surface area is 236 Å². The summed E-state index contributed by atoms with van der Waals surface area (Å²) in [5.74, 6) is -0.203. The molecule has 7 nitrogen and oxygen atoms in total. The number of unbranched alkanes of at least 4 members (excludes halogenated alkanes) is 1. The van der Waals surface area contributed by atoms with Crippen LogP contribution in [0, 0.1) is 6.92 Å². The summed E-state index contributed by atoms with van der Waals surface area (Å²) in [6.07, 6.45) is 2.73. The number of aliphatic hydroxyl groups is 1. The molecule has 8 heteroatoms. The largest absolute Gasteiger partial charge is 0.507 e. The minimum atomic E-state index is -0.852. The van der Waals surface area contributed by atoms with Gasteiger partial charge in [-0.2, -0.15) is 0 Å². The van der Waals surface area contributed by atoms with Gasteiger partial charge >= 0.3 is 5.91 Å². The monoisotopic (exact) mass is 554 g/mol. The summed E-state index contributed by atoms with van der Waals surface area (Å²) in [4.78, 5) is 33.3. The first-order valence-electron chi connectivity index (χ1n) is 13.5. The third-order valence-corrected chi connectivity index (χ3v) is 8.33. The summed E-state index contributed by atoms with van der Waals surface area (Å²) in [6, 6.07) is 17.7. The Balaban J connectivity index is 1.47. The predicted molar refractivity (Wildman–Crippen MR) is 156 cm³/mol. The SMILES string of the molecule is CCCCOc1ccc([C@@H]2/C(=C(\O)c3ccc4c(c3)C[C@H](C)O4)C(=O)C(=O)N2c2nc3ccc(C)cc3s2)cc1. The highest BCUT2D eigenvalue weighted by molar-refractivity contribution is 7.22. The van der Waals surface area contributed by atoms with Crippen molar-refractivity contribution in [2.45, 2.75) is 52.2 Å². The van der Waals surface area contributed by atoms with E-state index in [-0.39, 0.29) is 17.4 Å². The average molecular weight is 555 g/mol. The molecular formula is C32H30N2O5S. The van der Waals surface area contributed by atoms with Crippen LogP contribution in [0.1, 0.15) is 55.0 Å². The summed E-state index contributed by atoms with van der Waals surface area (Å²) in [6.45, 7) is 6.70. The van der Waals surface area contributed by atoms with Crippen molar-refractivity contribution < 1.29 is 24.2 Å². The minimum Gasteiger partial charge on any atom is -0.507 e. The van der Waals surface area contributed by atoms with E-state index in [9.17, 15) is 14.7 Å². The minimum absolute atomic E-state index is 0.0343. The molecule has 1 aromatic heterocycles. The molecule has 204 valence electrons. The number of carbonyl (C=O) groups excluding carboxylic acids is 2. The molecule has 0 radical (unpaired) electrons. The Morgan fingerprint density at radius 2 is 1.93 bits per heavy atom. The molecule has 1 fully saturated rings. The number of carbonyl (C=O) groups is 2. The Kier molecular flexibility index (Phi) is 6.80. The molecule has 0 aliphatic carbocycles. The fourth-order valence-electron chi connectivity index (χ4n) is 5.27. The van der Waals surface area contributed by atoms with Crippen LogP contribution in [0.5, 0.6) is 11.5 Å². The average Bonchev–Trinajstić information content (AvgIpc) is 3.60. The van der Waals surface area contributed by atoms with Gasteiger partial charge in [-0.1, -0.05) is 42.9 Å². The third-order valence-electron chi connectivity index (χ3n) is 7.32. The number of nitrogens with zero attached hydrogens (tertiary/aromatic N) is 2. The van der Waals surface area contributed by atoms with Gasteiger partial charge in [-0.25, -0.2) is 4.98 Å². The zero-order chi connectivity index (χ0) is 28.0. The van der Waals surface area contributed by atoms with Gasteiger partial charge in [0.15, 0.2) is 5.13 Å². The lowest BCUT2D eigenvalue weighted by Crippen LogP contribution is -2.29. The van der Waals surface area contributed by atoms with Gasteiger partial charge in [-0.15, -0.1) is 0 Å². The first kappa shape index (κ1) is 26.1. The summed E-state index contributed by atoms with van der Waals surface area (Å²) < 4.78 is 12.6. The van der Waals surface area contributed by atoms with Crippen molar-refractivity contribution in [1.29, 1.82) is 0 Å². The molecule has 3 heterocycles. The van der Waals surface area contributed by atoms with Gasteiger partial charge in [0.1, 0.15) is 23.4 Å². The second kappa shape index (κ2) is 10.4. The zero-order valence-electron chi connectivity index (χ0n) is 22.6. The quantitative estimate of drug-likeness (QED) is 0.118. The van der Waals surface area contributed by atoms with Crippen molar-refractivity contribution in [1.82, 2.24) is 4.98 Å². The van der Waals surface area contributed by atoms with E-state index >= 15 is 0 Å². The molecule has 2 atom stereocenters. The first-order chi connectivity index (χ1) is 19.3. The highest BCUT2D eigenvalue weighted by Gasteiger charge is 2.48. The molecule has 4 aromatic rings. The highest BCUT2D eigenvalue weighted by Crippen LogP contribution is 2.45. The summed E-state index contributed by atoms with van der Waals surface area (Å²) in [7, 11) is 0. The highest BCUT2D eigenvalue weighted by atomic mass is 32.1. The fourth-order valence-corrected chi connectivity index (χ4v) is 6.36. The smallest absolute Gasteiger partial charge is 0.301 e. The maximum atomic E-state index is 13.6. The van der Waals surface area contributed by atoms with Crippen molar-refractivity contribution in [3.8, 4) is 11.5 Å². The molecule has 0 saturated carbocycles. The van der Waals surface area contributed by atoms with Crippen LogP contribution in [0.4, 0.5) is 5.13 Å². The number of ether oxygens (including phenoxy) is 2. The van der Waals surface area contributed by atoms with E-state index < -0.39 is 17.7 Å². The number of ketones is 1. The number of amides is 1. The summed E-state index contributed by atoms with van der Waals surface area (Å²) in [5.41, 5.74) is 3.97. The topological polar surface area (TPSA) is 89.0 Å². The molecule has 1 amide bonds. The van der Waals surface area contributed by atoms with Crippen molar-refractivity contribution >= 4 is 44.1 Å². The number of aryl methyl sites for hydroxylation is 1. The van der Waals surface area contributed by atoms with Gasteiger partial charge in [0.2, 0.25) is 0 Å². The maximum Gasteiger partial charge on any atom is 0.301 e. The van der Waals surface area contributed by atoms with E-state index in [4.69, 9.17) is 14.5 Å². The van der Waals surface area contributed by atoms with E-state index in [1.54, 1.807) is 12.1 Å². The van der Waals surface area contributed by atoms with Crippen molar-refractivity contribution in [3.05, 3.63) is 88.5 Å². The van der Waals surface area contributed by atoms with Gasteiger partial charge in [0.25, 0.3) is 5.78 Å². The van der Waals surface area contributed by atoms with Gasteiger partial charge in [0.05, 0.1) is 28.4 Å². The standard InChI is InChI=1S/C32H30N2O5S/c1-4-5-14-38-23-10-7-20(8-11-23)28-27(29(35)21-9-13-25-22(17-21)16-19(3)39-25)30(36)31(37)34(28)32-33-24-12-6-18(2)15-26(24)40-32/h6-13,15,17,19,28,35H,4-5,14,16H2,1-3H3/b29-27+/t19-,28+/m0/s1. The molecule has 0 spiro atoms. The Hall–Kier alpha value is -4.17. The molecule has 2 aliphatic heterocycles. The summed E-state index contributed by atoms with van der Waals surface area (Å²) in [5, 5.41) is 12.0. The molecule has 6 rings (SSSR count). The molecule has 3 aromatic carbocycles. The Morgan fingerprint density at radius 1 is 1.12 bits per heavy atom. The number of aromatic nitrogens is 1. The normalized spacial score (nSPS) is 19.7. The van der Waals surface area contributed by atoms with Crippen LogP contribution in [0.3, 0.4) is 0 Å². The van der Waals surface area contributed by atoms with Crippen LogP contribution in [0.15, 0.2) is 66.2 Å². The van der Waals surface area contributed by atoms with Crippen LogP contribution in [0.25, 0.3) is 16.0 Å². The van der Waals surface area contributed by atoms with Crippen molar-refractivity contribution in [2.24, 2.45) is 0 Å². The van der Waals surface area contributed by atoms with E-state index in [0.29, 0.717) is 35.0 Å². The number of benzene rings is 3. The Morgan fingerprint density at radius 3 is 2.70 bits per heavy atom. The molecular weight excluding hydrogens is 524 g/mol. The lowest BCUT2D eigenvalue weighted by Gasteiger charge is -2.23. The molecule has 0 unspecified atom stereocenters. The fraction of sp³-hybridized carbons (Fsp3) is 0.281.